The fourth-order valence-corrected chi connectivity index (χ4v) is 3.46. The van der Waals surface area contributed by atoms with E-state index in [0.29, 0.717) is 15.9 Å². The van der Waals surface area contributed by atoms with E-state index in [2.05, 4.69) is 20.3 Å². The number of alkyl halides is 2. The van der Waals surface area contributed by atoms with E-state index in [9.17, 15) is 13.6 Å². The molecular weight excluding hydrogens is 445 g/mol. The average molecular weight is 459 g/mol. The van der Waals surface area contributed by atoms with Crippen LogP contribution in [0.25, 0.3) is 5.69 Å². The van der Waals surface area contributed by atoms with Crippen LogP contribution in [0.2, 0.25) is 10.0 Å². The molecule has 0 fully saturated rings. The quantitative estimate of drug-likeness (QED) is 0.491. The summed E-state index contributed by atoms with van der Waals surface area (Å²) in [5.74, 6) is -0.449. The number of anilines is 1. The monoisotopic (exact) mass is 458 g/mol. The Morgan fingerprint density at radius 1 is 1.24 bits per heavy atom. The maximum Gasteiger partial charge on any atom is 0.387 e. The number of hydrogen-bond acceptors (Lipinski definition) is 5. The molecule has 0 aliphatic rings. The van der Waals surface area contributed by atoms with Crippen molar-refractivity contribution in [1.29, 1.82) is 0 Å². The highest BCUT2D eigenvalue weighted by Gasteiger charge is 2.13. The highest BCUT2D eigenvalue weighted by Crippen LogP contribution is 2.29. The van der Waals surface area contributed by atoms with Gasteiger partial charge in [0, 0.05) is 10.7 Å². The molecule has 1 amide bonds. The first kappa shape index (κ1) is 21.4. The summed E-state index contributed by atoms with van der Waals surface area (Å²) in [4.78, 5) is 12.2. The summed E-state index contributed by atoms with van der Waals surface area (Å²) in [6.45, 7) is -1.08. The third-order valence-electron chi connectivity index (χ3n) is 3.71. The van der Waals surface area contributed by atoms with E-state index in [0.717, 1.165) is 11.3 Å². The number of carbonyl (C=O) groups excluding carboxylic acids is 1. The molecule has 1 heterocycles. The SMILES string of the molecule is Cc1ccc(-n2cnnc2SCC(=O)Nc2ccc(OC(F)F)c(Cl)c2)cc1Cl. The first-order chi connectivity index (χ1) is 13.8. The van der Waals surface area contributed by atoms with E-state index in [1.807, 2.05) is 19.1 Å². The lowest BCUT2D eigenvalue weighted by molar-refractivity contribution is -0.113. The van der Waals surface area contributed by atoms with Crippen molar-refractivity contribution in [3.63, 3.8) is 0 Å². The number of aromatic nitrogens is 3. The number of nitrogens with zero attached hydrogens (tertiary/aromatic N) is 3. The van der Waals surface area contributed by atoms with Crippen LogP contribution in [0.4, 0.5) is 14.5 Å². The third kappa shape index (κ3) is 5.59. The van der Waals surface area contributed by atoms with Gasteiger partial charge in [0.25, 0.3) is 0 Å². The van der Waals surface area contributed by atoms with Gasteiger partial charge in [0.2, 0.25) is 5.91 Å². The summed E-state index contributed by atoms with van der Waals surface area (Å²) in [5, 5.41) is 11.6. The minimum atomic E-state index is -2.98. The topological polar surface area (TPSA) is 69.0 Å². The molecule has 1 aromatic heterocycles. The zero-order valence-electron chi connectivity index (χ0n) is 14.9. The average Bonchev–Trinajstić information content (AvgIpc) is 3.13. The summed E-state index contributed by atoms with van der Waals surface area (Å²) < 4.78 is 30.5. The molecule has 6 nitrogen and oxygen atoms in total. The standard InChI is InChI=1S/C18H14Cl2F2N4O2S/c1-10-2-4-12(7-13(10)19)26-9-23-25-18(26)29-8-16(27)24-11-3-5-15(14(20)6-11)28-17(21)22/h2-7,9,17H,8H2,1H3,(H,24,27). The zero-order chi connectivity index (χ0) is 21.0. The van der Waals surface area contributed by atoms with E-state index in [-0.39, 0.29) is 22.4 Å². The molecule has 1 N–H and O–H groups in total. The van der Waals surface area contributed by atoms with Crippen molar-refractivity contribution in [3.8, 4) is 11.4 Å². The molecule has 0 spiro atoms. The Hall–Kier alpha value is -2.36. The minimum Gasteiger partial charge on any atom is -0.433 e. The van der Waals surface area contributed by atoms with Crippen LogP contribution in [-0.2, 0) is 4.79 Å². The van der Waals surface area contributed by atoms with Gasteiger partial charge in [-0.15, -0.1) is 10.2 Å². The molecule has 11 heteroatoms. The number of nitrogens with one attached hydrogen (secondary N) is 1. The summed E-state index contributed by atoms with van der Waals surface area (Å²) in [7, 11) is 0. The first-order valence-corrected chi connectivity index (χ1v) is 9.91. The van der Waals surface area contributed by atoms with Crippen LogP contribution in [0.5, 0.6) is 5.75 Å². The van der Waals surface area contributed by atoms with Gasteiger partial charge in [0.05, 0.1) is 16.5 Å². The number of carbonyl (C=O) groups is 1. The molecule has 0 saturated heterocycles. The molecule has 2 aromatic carbocycles. The molecule has 0 atom stereocenters. The lowest BCUT2D eigenvalue weighted by Crippen LogP contribution is -2.14. The molecule has 3 aromatic rings. The number of halogens is 4. The lowest BCUT2D eigenvalue weighted by Gasteiger charge is -2.10. The van der Waals surface area contributed by atoms with Crippen LogP contribution >= 0.6 is 35.0 Å². The lowest BCUT2D eigenvalue weighted by atomic mass is 10.2. The first-order valence-electron chi connectivity index (χ1n) is 8.17. The number of thioether (sulfide) groups is 1. The number of ether oxygens (including phenoxy) is 1. The Labute approximate surface area is 179 Å². The van der Waals surface area contributed by atoms with Crippen LogP contribution < -0.4 is 10.1 Å². The number of hydrogen-bond donors (Lipinski definition) is 1. The van der Waals surface area contributed by atoms with Crippen LogP contribution in [0.1, 0.15) is 5.56 Å². The summed E-state index contributed by atoms with van der Waals surface area (Å²) >= 11 is 13.2. The number of aryl methyl sites for hydroxylation is 1. The predicted molar refractivity (Wildman–Crippen MR) is 109 cm³/mol. The fourth-order valence-electron chi connectivity index (χ4n) is 2.33. The Morgan fingerprint density at radius 3 is 2.72 bits per heavy atom. The van der Waals surface area contributed by atoms with Gasteiger partial charge in [0.15, 0.2) is 5.16 Å². The van der Waals surface area contributed by atoms with Gasteiger partial charge >= 0.3 is 6.61 Å². The minimum absolute atomic E-state index is 0.0354. The second kappa shape index (κ2) is 9.43. The van der Waals surface area contributed by atoms with Gasteiger partial charge in [0.1, 0.15) is 12.1 Å². The van der Waals surface area contributed by atoms with Crippen LogP contribution in [-0.4, -0.2) is 33.0 Å². The van der Waals surface area contributed by atoms with Crippen molar-refractivity contribution in [2.45, 2.75) is 18.7 Å². The largest absolute Gasteiger partial charge is 0.433 e. The Kier molecular flexibility index (Phi) is 6.94. The second-order valence-corrected chi connectivity index (χ2v) is 7.53. The van der Waals surface area contributed by atoms with E-state index in [1.165, 1.54) is 36.3 Å². The smallest absolute Gasteiger partial charge is 0.387 e. The molecule has 29 heavy (non-hydrogen) atoms. The highest BCUT2D eigenvalue weighted by molar-refractivity contribution is 7.99. The van der Waals surface area contributed by atoms with E-state index in [1.54, 1.807) is 10.6 Å². The zero-order valence-corrected chi connectivity index (χ0v) is 17.2. The molecule has 0 unspecified atom stereocenters. The van der Waals surface area contributed by atoms with Gasteiger partial charge in [-0.1, -0.05) is 41.0 Å². The Bertz CT molecular complexity index is 1030. The van der Waals surface area contributed by atoms with Gasteiger partial charge < -0.3 is 10.1 Å². The van der Waals surface area contributed by atoms with Crippen LogP contribution in [0.3, 0.4) is 0 Å². The van der Waals surface area contributed by atoms with E-state index < -0.39 is 6.61 Å². The van der Waals surface area contributed by atoms with Crippen LogP contribution in [0, 0.1) is 6.92 Å². The normalized spacial score (nSPS) is 11.0. The number of amides is 1. The number of benzene rings is 2. The molecule has 3 rings (SSSR count). The Morgan fingerprint density at radius 2 is 2.03 bits per heavy atom. The van der Waals surface area contributed by atoms with Crippen molar-refractivity contribution in [1.82, 2.24) is 14.8 Å². The van der Waals surface area contributed by atoms with Gasteiger partial charge in [-0.2, -0.15) is 8.78 Å². The molecule has 0 bridgehead atoms. The Balaban J connectivity index is 1.63. The van der Waals surface area contributed by atoms with E-state index >= 15 is 0 Å². The summed E-state index contributed by atoms with van der Waals surface area (Å²) in [6.07, 6.45) is 1.53. The van der Waals surface area contributed by atoms with Gasteiger partial charge in [-0.25, -0.2) is 0 Å². The molecular formula is C18H14Cl2F2N4O2S. The predicted octanol–water partition coefficient (Wildman–Crippen LogP) is 5.21. The third-order valence-corrected chi connectivity index (χ3v) is 5.36. The molecule has 0 radical (unpaired) electrons. The molecule has 0 saturated carbocycles. The maximum atomic E-state index is 12.3. The van der Waals surface area contributed by atoms with Crippen molar-refractivity contribution in [3.05, 3.63) is 58.3 Å². The second-order valence-electron chi connectivity index (χ2n) is 5.78. The molecule has 0 aliphatic heterocycles. The van der Waals surface area contributed by atoms with Crippen molar-refractivity contribution >= 4 is 46.6 Å². The van der Waals surface area contributed by atoms with E-state index in [4.69, 9.17) is 23.2 Å². The van der Waals surface area contributed by atoms with Gasteiger partial charge in [-0.05, 0) is 42.8 Å². The molecule has 0 aliphatic carbocycles. The van der Waals surface area contributed by atoms with Crippen molar-refractivity contribution in [2.24, 2.45) is 0 Å². The fraction of sp³-hybridized carbons (Fsp3) is 0.167. The van der Waals surface area contributed by atoms with Gasteiger partial charge in [-0.3, -0.25) is 9.36 Å². The summed E-state index contributed by atoms with van der Waals surface area (Å²) in [6, 6.07) is 9.55. The number of rotatable bonds is 7. The van der Waals surface area contributed by atoms with Crippen molar-refractivity contribution < 1.29 is 18.3 Å². The van der Waals surface area contributed by atoms with Crippen LogP contribution in [0.15, 0.2) is 47.9 Å². The molecule has 152 valence electrons. The highest BCUT2D eigenvalue weighted by atomic mass is 35.5. The maximum absolute atomic E-state index is 12.3. The van der Waals surface area contributed by atoms with Crippen molar-refractivity contribution in [2.75, 3.05) is 11.1 Å². The summed E-state index contributed by atoms with van der Waals surface area (Å²) in [5.41, 5.74) is 2.07.